The number of thiazole rings is 1. The van der Waals surface area contributed by atoms with Crippen LogP contribution < -0.4 is 0 Å². The van der Waals surface area contributed by atoms with Gasteiger partial charge in [-0.25, -0.2) is 9.78 Å². The molecule has 136 valence electrons. The van der Waals surface area contributed by atoms with Gasteiger partial charge in [-0.1, -0.05) is 28.9 Å². The Bertz CT molecular complexity index is 1070. The van der Waals surface area contributed by atoms with Crippen molar-refractivity contribution in [2.75, 3.05) is 0 Å². The van der Waals surface area contributed by atoms with Crippen molar-refractivity contribution in [3.05, 3.63) is 62.5 Å². The maximum absolute atomic E-state index is 12.4. The van der Waals surface area contributed by atoms with Gasteiger partial charge in [0.05, 0.1) is 11.3 Å². The Balaban J connectivity index is 1.45. The SMILES string of the molecule is Cc1nc(-c2ccc(Cl)cc2)sc1C(=O)OCc1noc(-c2ccsc2)n1. The van der Waals surface area contributed by atoms with Crippen LogP contribution in [-0.4, -0.2) is 21.1 Å². The molecule has 0 unspecified atom stereocenters. The van der Waals surface area contributed by atoms with E-state index in [2.05, 4.69) is 15.1 Å². The topological polar surface area (TPSA) is 78.1 Å². The average Bonchev–Trinajstić information content (AvgIpc) is 3.40. The predicted molar refractivity (Wildman–Crippen MR) is 104 cm³/mol. The molecule has 0 radical (unpaired) electrons. The van der Waals surface area contributed by atoms with Crippen LogP contribution in [0, 0.1) is 6.92 Å². The van der Waals surface area contributed by atoms with Crippen molar-refractivity contribution >= 4 is 40.2 Å². The molecule has 0 aliphatic carbocycles. The fourth-order valence-electron chi connectivity index (χ4n) is 2.31. The van der Waals surface area contributed by atoms with E-state index in [9.17, 15) is 4.79 Å². The number of benzene rings is 1. The van der Waals surface area contributed by atoms with E-state index in [4.69, 9.17) is 20.9 Å². The molecule has 0 saturated carbocycles. The molecule has 1 aromatic carbocycles. The first-order valence-corrected chi connectivity index (χ1v) is 9.99. The zero-order valence-corrected chi connectivity index (χ0v) is 16.4. The Hall–Kier alpha value is -2.55. The zero-order valence-electron chi connectivity index (χ0n) is 14.0. The van der Waals surface area contributed by atoms with Crippen molar-refractivity contribution in [1.82, 2.24) is 15.1 Å². The van der Waals surface area contributed by atoms with Gasteiger partial charge in [-0.05, 0) is 30.5 Å². The molecule has 3 aromatic heterocycles. The molecule has 0 fully saturated rings. The molecule has 0 aliphatic rings. The maximum atomic E-state index is 12.4. The lowest BCUT2D eigenvalue weighted by atomic mass is 10.2. The van der Waals surface area contributed by atoms with Gasteiger partial charge in [-0.3, -0.25) is 0 Å². The number of hydrogen-bond acceptors (Lipinski definition) is 8. The normalized spacial score (nSPS) is 10.9. The molecule has 3 heterocycles. The van der Waals surface area contributed by atoms with E-state index in [1.54, 1.807) is 19.1 Å². The number of ether oxygens (including phenoxy) is 1. The van der Waals surface area contributed by atoms with Crippen molar-refractivity contribution in [3.8, 4) is 22.0 Å². The molecule has 0 saturated heterocycles. The van der Waals surface area contributed by atoms with E-state index in [1.165, 1.54) is 22.7 Å². The molecule has 9 heteroatoms. The molecule has 27 heavy (non-hydrogen) atoms. The highest BCUT2D eigenvalue weighted by Gasteiger charge is 2.19. The molecule has 0 spiro atoms. The molecule has 4 aromatic rings. The van der Waals surface area contributed by atoms with Crippen LogP contribution in [0.25, 0.3) is 22.0 Å². The molecule has 6 nitrogen and oxygen atoms in total. The van der Waals surface area contributed by atoms with Gasteiger partial charge < -0.3 is 9.26 Å². The number of nitrogens with zero attached hydrogens (tertiary/aromatic N) is 3. The fraction of sp³-hybridized carbons (Fsp3) is 0.111. The number of carbonyl (C=O) groups excluding carboxylic acids is 1. The lowest BCUT2D eigenvalue weighted by molar-refractivity contribution is 0.0464. The van der Waals surface area contributed by atoms with Crippen molar-refractivity contribution in [3.63, 3.8) is 0 Å². The number of aryl methyl sites for hydroxylation is 1. The minimum absolute atomic E-state index is 0.0694. The lowest BCUT2D eigenvalue weighted by Crippen LogP contribution is -2.05. The first-order chi connectivity index (χ1) is 13.1. The molecule has 4 rings (SSSR count). The first-order valence-electron chi connectivity index (χ1n) is 7.86. The number of thiophene rings is 1. The summed E-state index contributed by atoms with van der Waals surface area (Å²) in [6, 6.07) is 9.18. The van der Waals surface area contributed by atoms with Crippen LogP contribution in [0.3, 0.4) is 0 Å². The lowest BCUT2D eigenvalue weighted by Gasteiger charge is -1.99. The zero-order chi connectivity index (χ0) is 18.8. The van der Waals surface area contributed by atoms with E-state index in [1.807, 2.05) is 29.0 Å². The van der Waals surface area contributed by atoms with Gasteiger partial charge in [0.2, 0.25) is 5.82 Å². The first kappa shape index (κ1) is 17.8. The van der Waals surface area contributed by atoms with Gasteiger partial charge in [0.15, 0.2) is 6.61 Å². The molecular formula is C18H12ClN3O3S2. The number of esters is 1. The van der Waals surface area contributed by atoms with Crippen molar-refractivity contribution in [1.29, 1.82) is 0 Å². The van der Waals surface area contributed by atoms with Gasteiger partial charge in [0.25, 0.3) is 5.89 Å². The van der Waals surface area contributed by atoms with E-state index < -0.39 is 5.97 Å². The number of hydrogen-bond donors (Lipinski definition) is 0. The quantitative estimate of drug-likeness (QED) is 0.413. The van der Waals surface area contributed by atoms with E-state index >= 15 is 0 Å². The Kier molecular flexibility index (Phi) is 5.02. The summed E-state index contributed by atoms with van der Waals surface area (Å²) in [5.74, 6) is 0.248. The summed E-state index contributed by atoms with van der Waals surface area (Å²) >= 11 is 8.72. The van der Waals surface area contributed by atoms with E-state index in [-0.39, 0.29) is 6.61 Å². The van der Waals surface area contributed by atoms with Crippen LogP contribution in [0.5, 0.6) is 0 Å². The van der Waals surface area contributed by atoms with Crippen LogP contribution in [-0.2, 0) is 11.3 Å². The standard InChI is InChI=1S/C18H12ClN3O3S2/c1-10-15(27-17(20-10)11-2-4-13(19)5-3-11)18(23)24-8-14-21-16(25-22-14)12-6-7-26-9-12/h2-7,9H,8H2,1H3. The number of aromatic nitrogens is 3. The van der Waals surface area contributed by atoms with Crippen molar-refractivity contribution in [2.45, 2.75) is 13.5 Å². The largest absolute Gasteiger partial charge is 0.453 e. The summed E-state index contributed by atoms with van der Waals surface area (Å²) in [6.45, 7) is 1.70. The number of halogens is 1. The van der Waals surface area contributed by atoms with Gasteiger partial charge in [0.1, 0.15) is 9.88 Å². The minimum atomic E-state index is -0.466. The molecule has 0 N–H and O–H groups in total. The minimum Gasteiger partial charge on any atom is -0.453 e. The highest BCUT2D eigenvalue weighted by Crippen LogP contribution is 2.29. The summed E-state index contributed by atoms with van der Waals surface area (Å²) in [5, 5.41) is 9.04. The molecule has 0 bridgehead atoms. The second-order valence-electron chi connectivity index (χ2n) is 5.54. The summed E-state index contributed by atoms with van der Waals surface area (Å²) in [4.78, 5) is 21.5. The molecule has 0 amide bonds. The second kappa shape index (κ2) is 7.59. The summed E-state index contributed by atoms with van der Waals surface area (Å²) < 4.78 is 10.5. The van der Waals surface area contributed by atoms with Gasteiger partial charge in [-0.15, -0.1) is 11.3 Å². The second-order valence-corrected chi connectivity index (χ2v) is 7.76. The smallest absolute Gasteiger partial charge is 0.350 e. The van der Waals surface area contributed by atoms with Crippen LogP contribution in [0.2, 0.25) is 5.02 Å². The summed E-state index contributed by atoms with van der Waals surface area (Å²) in [7, 11) is 0. The van der Waals surface area contributed by atoms with Crippen LogP contribution in [0.1, 0.15) is 21.2 Å². The highest BCUT2D eigenvalue weighted by atomic mass is 35.5. The Labute approximate surface area is 167 Å². The number of rotatable bonds is 5. The molecule has 0 atom stereocenters. The predicted octanol–water partition coefficient (Wildman–Crippen LogP) is 5.24. The van der Waals surface area contributed by atoms with Crippen LogP contribution in [0.4, 0.5) is 0 Å². The third kappa shape index (κ3) is 3.92. The summed E-state index contributed by atoms with van der Waals surface area (Å²) in [5.41, 5.74) is 2.35. The third-order valence-corrected chi connectivity index (χ3v) is 5.76. The Morgan fingerprint density at radius 1 is 1.19 bits per heavy atom. The van der Waals surface area contributed by atoms with Crippen molar-refractivity contribution in [2.24, 2.45) is 0 Å². The number of carbonyl (C=O) groups is 1. The van der Waals surface area contributed by atoms with E-state index in [0.29, 0.717) is 27.3 Å². The molecular weight excluding hydrogens is 406 g/mol. The van der Waals surface area contributed by atoms with Gasteiger partial charge >= 0.3 is 5.97 Å². The van der Waals surface area contributed by atoms with Crippen molar-refractivity contribution < 1.29 is 14.1 Å². The Morgan fingerprint density at radius 3 is 2.74 bits per heavy atom. The monoisotopic (exact) mass is 417 g/mol. The average molecular weight is 418 g/mol. The van der Waals surface area contributed by atoms with Gasteiger partial charge in [0, 0.05) is 16.0 Å². The molecule has 0 aliphatic heterocycles. The van der Waals surface area contributed by atoms with Crippen LogP contribution in [0.15, 0.2) is 45.6 Å². The van der Waals surface area contributed by atoms with E-state index in [0.717, 1.165) is 16.1 Å². The highest BCUT2D eigenvalue weighted by molar-refractivity contribution is 7.17. The fourth-order valence-corrected chi connectivity index (χ4v) is 4.03. The Morgan fingerprint density at radius 2 is 2.00 bits per heavy atom. The maximum Gasteiger partial charge on any atom is 0.350 e. The van der Waals surface area contributed by atoms with Crippen LogP contribution >= 0.6 is 34.3 Å². The third-order valence-electron chi connectivity index (χ3n) is 3.64. The van der Waals surface area contributed by atoms with Gasteiger partial charge in [-0.2, -0.15) is 16.3 Å². The summed E-state index contributed by atoms with van der Waals surface area (Å²) in [6.07, 6.45) is 0.